The van der Waals surface area contributed by atoms with Crippen LogP contribution in [0.2, 0.25) is 0 Å². The van der Waals surface area contributed by atoms with Gasteiger partial charge < -0.3 is 20.4 Å². The molecule has 10 nitrogen and oxygen atoms in total. The van der Waals surface area contributed by atoms with Gasteiger partial charge in [-0.1, -0.05) is 52.8 Å². The summed E-state index contributed by atoms with van der Waals surface area (Å²) in [5.74, 6) is -4.09. The number of benzene rings is 2. The summed E-state index contributed by atoms with van der Waals surface area (Å²) in [5.41, 5.74) is -0.331. The monoisotopic (exact) mass is 644 g/mol. The number of halogens is 2. The van der Waals surface area contributed by atoms with Gasteiger partial charge in [0.25, 0.3) is 5.91 Å². The van der Waals surface area contributed by atoms with Crippen molar-refractivity contribution in [3.63, 3.8) is 0 Å². The highest BCUT2D eigenvalue weighted by molar-refractivity contribution is 6.07. The lowest BCUT2D eigenvalue weighted by molar-refractivity contribution is -0.147. The Balaban J connectivity index is 1.42. The van der Waals surface area contributed by atoms with Crippen molar-refractivity contribution in [1.82, 2.24) is 20.1 Å². The number of hydrogen-bond donors (Lipinski definition) is 2. The number of nitrogens with one attached hydrogen (secondary N) is 2. The minimum absolute atomic E-state index is 0.0191. The van der Waals surface area contributed by atoms with E-state index < -0.39 is 64.2 Å². The van der Waals surface area contributed by atoms with Crippen molar-refractivity contribution in [3.8, 4) is 6.07 Å². The maximum atomic E-state index is 14.4. The zero-order valence-corrected chi connectivity index (χ0v) is 27.2. The largest absolute Gasteiger partial charge is 0.339 e. The van der Waals surface area contributed by atoms with E-state index in [2.05, 4.69) is 21.7 Å². The molecule has 0 unspecified atom stereocenters. The van der Waals surface area contributed by atoms with Crippen molar-refractivity contribution in [2.75, 3.05) is 18.9 Å². The molecule has 0 radical (unpaired) electrons. The number of amides is 4. The Kier molecular flexibility index (Phi) is 8.79. The van der Waals surface area contributed by atoms with Crippen LogP contribution in [0.5, 0.6) is 0 Å². The molecule has 4 amide bonds. The van der Waals surface area contributed by atoms with Gasteiger partial charge in [-0.3, -0.25) is 19.2 Å². The molecule has 2 aromatic carbocycles. The van der Waals surface area contributed by atoms with Gasteiger partial charge in [0.2, 0.25) is 17.7 Å². The molecule has 0 aliphatic carbocycles. The number of likely N-dealkylation sites (tertiary alicyclic amines) is 1. The summed E-state index contributed by atoms with van der Waals surface area (Å²) in [6.07, 6.45) is 0.357. The summed E-state index contributed by atoms with van der Waals surface area (Å²) in [5, 5.41) is 15.8. The van der Waals surface area contributed by atoms with E-state index in [1.807, 2.05) is 32.9 Å². The molecule has 4 atom stereocenters. The van der Waals surface area contributed by atoms with Crippen LogP contribution in [0.4, 0.5) is 14.5 Å². The summed E-state index contributed by atoms with van der Waals surface area (Å²) in [4.78, 5) is 62.0. The predicted octanol–water partition coefficient (Wildman–Crippen LogP) is 4.55. The van der Waals surface area contributed by atoms with Crippen molar-refractivity contribution in [3.05, 3.63) is 71.4 Å². The van der Waals surface area contributed by atoms with Crippen LogP contribution in [0.3, 0.4) is 0 Å². The van der Waals surface area contributed by atoms with E-state index in [9.17, 15) is 33.2 Å². The molecule has 3 aromatic rings. The molecule has 1 fully saturated rings. The van der Waals surface area contributed by atoms with Gasteiger partial charge >= 0.3 is 0 Å². The van der Waals surface area contributed by atoms with E-state index in [0.29, 0.717) is 5.69 Å². The molecule has 1 aromatic heterocycles. The Morgan fingerprint density at radius 2 is 1.87 bits per heavy atom. The lowest BCUT2D eigenvalue weighted by atomic mass is 9.80. The third-order valence-electron chi connectivity index (χ3n) is 8.99. The molecule has 0 bridgehead atoms. The molecule has 2 aliphatic heterocycles. The third-order valence-corrected chi connectivity index (χ3v) is 8.99. The predicted molar refractivity (Wildman–Crippen MR) is 171 cm³/mol. The minimum Gasteiger partial charge on any atom is -0.339 e. The number of fused-ring (bicyclic) bond motifs is 3. The lowest BCUT2D eigenvalue weighted by Crippen LogP contribution is -2.57. The normalized spacial score (nSPS) is 20.1. The number of anilines is 1. The van der Waals surface area contributed by atoms with Crippen molar-refractivity contribution in [1.29, 1.82) is 5.26 Å². The zero-order chi connectivity index (χ0) is 34.4. The standard InChI is InChI=1S/C35H38F2N6O4/c1-19(2)29(41-30(44)26-12-11-22-24(37)13-20(36)14-27(22)39-26)32(46)42(6)28(16-34(3,4)5)31(45)43-18-35(15-21(43)17-38)23-9-7-8-10-25(23)40-33(35)47/h7-14,19,21,28-29H,15-16,18H2,1-6H3,(H,40,47)(H,41,44)/t21-,28-,29-,35-/m0/s1. The summed E-state index contributed by atoms with van der Waals surface area (Å²) < 4.78 is 28.0. The summed E-state index contributed by atoms with van der Waals surface area (Å²) in [7, 11) is 1.49. The van der Waals surface area contributed by atoms with Crippen LogP contribution in [0, 0.1) is 34.3 Å². The number of carbonyl (C=O) groups is 4. The number of likely N-dealkylation sites (N-methyl/N-ethyl adjacent to an activating group) is 1. The smallest absolute Gasteiger partial charge is 0.270 e. The van der Waals surface area contributed by atoms with Crippen LogP contribution in [0.25, 0.3) is 10.9 Å². The molecule has 47 heavy (non-hydrogen) atoms. The van der Waals surface area contributed by atoms with E-state index in [1.165, 1.54) is 29.0 Å². The van der Waals surface area contributed by atoms with E-state index >= 15 is 0 Å². The maximum Gasteiger partial charge on any atom is 0.270 e. The second-order valence-corrected chi connectivity index (χ2v) is 14.0. The molecule has 5 rings (SSSR count). The zero-order valence-electron chi connectivity index (χ0n) is 27.2. The molecule has 2 aliphatic rings. The van der Waals surface area contributed by atoms with Crippen LogP contribution in [0.15, 0.2) is 48.5 Å². The summed E-state index contributed by atoms with van der Waals surface area (Å²) in [6, 6.07) is 10.8. The van der Waals surface area contributed by atoms with Crippen molar-refractivity contribution < 1.29 is 28.0 Å². The molecule has 3 heterocycles. The van der Waals surface area contributed by atoms with Crippen molar-refractivity contribution >= 4 is 40.2 Å². The number of rotatable bonds is 7. The van der Waals surface area contributed by atoms with Gasteiger partial charge in [-0.05, 0) is 41.5 Å². The SMILES string of the molecule is CC(C)[C@H](NC(=O)c1ccc2c(F)cc(F)cc2n1)C(=O)N(C)[C@@H](CC(C)(C)C)C(=O)N1C[C@]2(C[C@H]1C#N)C(=O)Nc1ccccc12. The quantitative estimate of drug-likeness (QED) is 0.388. The molecule has 246 valence electrons. The maximum absolute atomic E-state index is 14.4. The molecule has 1 saturated heterocycles. The summed E-state index contributed by atoms with van der Waals surface area (Å²) >= 11 is 0. The Bertz CT molecular complexity index is 1820. The van der Waals surface area contributed by atoms with Crippen LogP contribution < -0.4 is 10.6 Å². The molecular formula is C35H38F2N6O4. The first-order valence-corrected chi connectivity index (χ1v) is 15.5. The molecule has 2 N–H and O–H groups in total. The van der Waals surface area contributed by atoms with Gasteiger partial charge in [0.05, 0.1) is 17.0 Å². The molecule has 12 heteroatoms. The highest BCUT2D eigenvalue weighted by Gasteiger charge is 2.57. The van der Waals surface area contributed by atoms with Gasteiger partial charge in [0.15, 0.2) is 0 Å². The average Bonchev–Trinajstić information content (AvgIpc) is 3.54. The molecule has 1 spiro atoms. The Morgan fingerprint density at radius 1 is 1.17 bits per heavy atom. The third kappa shape index (κ3) is 6.26. The number of pyridine rings is 1. The second kappa shape index (κ2) is 12.4. The summed E-state index contributed by atoms with van der Waals surface area (Å²) in [6.45, 7) is 9.24. The van der Waals surface area contributed by atoms with Gasteiger partial charge in [0.1, 0.15) is 35.5 Å². The highest BCUT2D eigenvalue weighted by atomic mass is 19.1. The molecular weight excluding hydrogens is 606 g/mol. The Hall–Kier alpha value is -4.92. The van der Waals surface area contributed by atoms with E-state index in [0.717, 1.165) is 17.7 Å². The topological polar surface area (TPSA) is 136 Å². The highest BCUT2D eigenvalue weighted by Crippen LogP contribution is 2.46. The number of hydrogen-bond acceptors (Lipinski definition) is 6. The number of nitrogens with zero attached hydrogens (tertiary/aromatic N) is 4. The van der Waals surface area contributed by atoms with E-state index in [4.69, 9.17) is 0 Å². The Morgan fingerprint density at radius 3 is 2.53 bits per heavy atom. The fourth-order valence-electron chi connectivity index (χ4n) is 6.53. The van der Waals surface area contributed by atoms with Crippen molar-refractivity contribution in [2.24, 2.45) is 11.3 Å². The Labute approximate surface area is 272 Å². The van der Waals surface area contributed by atoms with E-state index in [-0.39, 0.29) is 41.9 Å². The first kappa shape index (κ1) is 33.4. The fourth-order valence-corrected chi connectivity index (χ4v) is 6.53. The molecule has 0 saturated carbocycles. The minimum atomic E-state index is -1.09. The van der Waals surface area contributed by atoms with Gasteiger partial charge in [-0.15, -0.1) is 0 Å². The van der Waals surface area contributed by atoms with Gasteiger partial charge in [0, 0.05) is 43.2 Å². The second-order valence-electron chi connectivity index (χ2n) is 14.0. The fraction of sp³-hybridized carbons (Fsp3) is 0.429. The first-order valence-electron chi connectivity index (χ1n) is 15.5. The van der Waals surface area contributed by atoms with Crippen LogP contribution in [-0.4, -0.2) is 70.1 Å². The number of aromatic nitrogens is 1. The van der Waals surface area contributed by atoms with Gasteiger partial charge in [-0.2, -0.15) is 5.26 Å². The van der Waals surface area contributed by atoms with E-state index in [1.54, 1.807) is 26.0 Å². The van der Waals surface area contributed by atoms with Crippen LogP contribution in [0.1, 0.15) is 63.5 Å². The van der Waals surface area contributed by atoms with Gasteiger partial charge in [-0.25, -0.2) is 13.8 Å². The van der Waals surface area contributed by atoms with Crippen LogP contribution >= 0.6 is 0 Å². The first-order chi connectivity index (χ1) is 22.1. The number of carbonyl (C=O) groups excluding carboxylic acids is 4. The number of para-hydroxylation sites is 1. The van der Waals surface area contributed by atoms with Crippen molar-refractivity contribution in [2.45, 2.75) is 71.0 Å². The number of nitriles is 1. The van der Waals surface area contributed by atoms with Crippen LogP contribution in [-0.2, 0) is 19.8 Å². The lowest BCUT2D eigenvalue weighted by Gasteiger charge is -2.37. The average molecular weight is 645 g/mol.